The monoisotopic (exact) mass is 157 g/mol. The van der Waals surface area contributed by atoms with Gasteiger partial charge in [-0.25, -0.2) is 0 Å². The molecule has 0 radical (unpaired) electrons. The van der Waals surface area contributed by atoms with Gasteiger partial charge in [0.25, 0.3) is 0 Å². The molecule has 0 aromatic heterocycles. The Labute approximate surface area is 69.0 Å². The van der Waals surface area contributed by atoms with E-state index in [1.807, 2.05) is 0 Å². The Morgan fingerprint density at radius 1 is 1.55 bits per heavy atom. The highest BCUT2D eigenvalue weighted by atomic mass is 16.3. The minimum atomic E-state index is 0.366. The molecule has 2 N–H and O–H groups in total. The molecule has 0 spiro atoms. The summed E-state index contributed by atoms with van der Waals surface area (Å²) in [6.45, 7) is 7.00. The minimum absolute atomic E-state index is 0.366. The van der Waals surface area contributed by atoms with E-state index in [-0.39, 0.29) is 0 Å². The van der Waals surface area contributed by atoms with Crippen LogP contribution in [0.2, 0.25) is 0 Å². The average Bonchev–Trinajstić information content (AvgIpc) is 2.04. The predicted molar refractivity (Wildman–Crippen MR) is 46.4 cm³/mol. The molecule has 2 nitrogen and oxygen atoms in total. The van der Waals surface area contributed by atoms with Gasteiger partial charge in [-0.2, -0.15) is 0 Å². The van der Waals surface area contributed by atoms with Crippen LogP contribution in [0.3, 0.4) is 0 Å². The SMILES string of the molecule is CC(C)C1CNCCC1CO. The van der Waals surface area contributed by atoms with Crippen LogP contribution in [-0.4, -0.2) is 24.8 Å². The second-order valence-electron chi connectivity index (χ2n) is 3.84. The summed E-state index contributed by atoms with van der Waals surface area (Å²) in [5.41, 5.74) is 0. The molecule has 0 aromatic carbocycles. The Hall–Kier alpha value is -0.0800. The third-order valence-electron chi connectivity index (χ3n) is 2.77. The molecule has 1 heterocycles. The topological polar surface area (TPSA) is 32.3 Å². The lowest BCUT2D eigenvalue weighted by atomic mass is 9.80. The van der Waals surface area contributed by atoms with Crippen LogP contribution in [-0.2, 0) is 0 Å². The highest BCUT2D eigenvalue weighted by Crippen LogP contribution is 2.25. The quantitative estimate of drug-likeness (QED) is 0.623. The zero-order valence-corrected chi connectivity index (χ0v) is 7.51. The fourth-order valence-electron chi connectivity index (χ4n) is 1.94. The van der Waals surface area contributed by atoms with Gasteiger partial charge in [0.1, 0.15) is 0 Å². The van der Waals surface area contributed by atoms with Crippen LogP contribution >= 0.6 is 0 Å². The van der Waals surface area contributed by atoms with Crippen molar-refractivity contribution in [2.75, 3.05) is 19.7 Å². The maximum atomic E-state index is 9.08. The fourth-order valence-corrected chi connectivity index (χ4v) is 1.94. The van der Waals surface area contributed by atoms with E-state index in [1.54, 1.807) is 0 Å². The molecule has 1 rings (SSSR count). The number of nitrogens with one attached hydrogen (secondary N) is 1. The third-order valence-corrected chi connectivity index (χ3v) is 2.77. The van der Waals surface area contributed by atoms with Gasteiger partial charge in [0.15, 0.2) is 0 Å². The summed E-state index contributed by atoms with van der Waals surface area (Å²) in [6, 6.07) is 0. The summed E-state index contributed by atoms with van der Waals surface area (Å²) < 4.78 is 0. The molecule has 66 valence electrons. The highest BCUT2D eigenvalue weighted by molar-refractivity contribution is 4.79. The molecule has 1 aliphatic rings. The van der Waals surface area contributed by atoms with Crippen molar-refractivity contribution in [1.82, 2.24) is 5.32 Å². The number of aliphatic hydroxyl groups excluding tert-OH is 1. The van der Waals surface area contributed by atoms with Gasteiger partial charge < -0.3 is 10.4 Å². The van der Waals surface area contributed by atoms with Crippen LogP contribution in [0.4, 0.5) is 0 Å². The second kappa shape index (κ2) is 4.07. The van der Waals surface area contributed by atoms with Crippen LogP contribution in [0.5, 0.6) is 0 Å². The molecule has 0 aliphatic carbocycles. The van der Waals surface area contributed by atoms with E-state index >= 15 is 0 Å². The van der Waals surface area contributed by atoms with Gasteiger partial charge in [-0.15, -0.1) is 0 Å². The van der Waals surface area contributed by atoms with Gasteiger partial charge in [-0.3, -0.25) is 0 Å². The molecular weight excluding hydrogens is 138 g/mol. The first-order valence-electron chi connectivity index (χ1n) is 4.57. The Morgan fingerprint density at radius 2 is 2.27 bits per heavy atom. The van der Waals surface area contributed by atoms with Crippen molar-refractivity contribution in [3.63, 3.8) is 0 Å². The first-order chi connectivity index (χ1) is 5.25. The van der Waals surface area contributed by atoms with Gasteiger partial charge >= 0.3 is 0 Å². The molecule has 0 amide bonds. The van der Waals surface area contributed by atoms with Crippen LogP contribution in [0.1, 0.15) is 20.3 Å². The largest absolute Gasteiger partial charge is 0.396 e. The molecule has 2 atom stereocenters. The molecule has 1 aliphatic heterocycles. The number of aliphatic hydroxyl groups is 1. The van der Waals surface area contributed by atoms with Crippen LogP contribution in [0, 0.1) is 17.8 Å². The van der Waals surface area contributed by atoms with Crippen molar-refractivity contribution < 1.29 is 5.11 Å². The molecule has 1 fully saturated rings. The predicted octanol–water partition coefficient (Wildman–Crippen LogP) is 0.860. The Kier molecular flexibility index (Phi) is 3.34. The lowest BCUT2D eigenvalue weighted by Gasteiger charge is -2.33. The zero-order valence-electron chi connectivity index (χ0n) is 7.51. The van der Waals surface area contributed by atoms with Crippen molar-refractivity contribution >= 4 is 0 Å². The number of hydrogen-bond donors (Lipinski definition) is 2. The summed E-state index contributed by atoms with van der Waals surface area (Å²) in [7, 11) is 0. The van der Waals surface area contributed by atoms with E-state index in [1.165, 1.54) is 0 Å². The molecule has 11 heavy (non-hydrogen) atoms. The first kappa shape index (κ1) is 9.01. The lowest BCUT2D eigenvalue weighted by molar-refractivity contribution is 0.116. The normalized spacial score (nSPS) is 32.7. The molecular formula is C9H19NO. The zero-order chi connectivity index (χ0) is 8.27. The van der Waals surface area contributed by atoms with Crippen molar-refractivity contribution in [3.05, 3.63) is 0 Å². The fraction of sp³-hybridized carbons (Fsp3) is 1.00. The summed E-state index contributed by atoms with van der Waals surface area (Å²) in [5.74, 6) is 1.91. The Bertz CT molecular complexity index is 114. The van der Waals surface area contributed by atoms with Crippen LogP contribution in [0.25, 0.3) is 0 Å². The molecule has 2 heteroatoms. The van der Waals surface area contributed by atoms with E-state index < -0.39 is 0 Å². The van der Waals surface area contributed by atoms with Crippen molar-refractivity contribution in [3.8, 4) is 0 Å². The molecule has 0 aromatic rings. The highest BCUT2D eigenvalue weighted by Gasteiger charge is 2.26. The number of piperidine rings is 1. The number of hydrogen-bond acceptors (Lipinski definition) is 2. The molecule has 1 saturated heterocycles. The third kappa shape index (κ3) is 2.17. The maximum Gasteiger partial charge on any atom is 0.0462 e. The Balaban J connectivity index is 2.44. The smallest absolute Gasteiger partial charge is 0.0462 e. The van der Waals surface area contributed by atoms with Gasteiger partial charge in [0.2, 0.25) is 0 Å². The van der Waals surface area contributed by atoms with E-state index in [0.29, 0.717) is 24.4 Å². The standard InChI is InChI=1S/C9H19NO/c1-7(2)9-5-10-4-3-8(9)6-11/h7-11H,3-6H2,1-2H3. The van der Waals surface area contributed by atoms with Crippen molar-refractivity contribution in [2.24, 2.45) is 17.8 Å². The summed E-state index contributed by atoms with van der Waals surface area (Å²) in [5, 5.41) is 12.5. The van der Waals surface area contributed by atoms with Gasteiger partial charge in [0.05, 0.1) is 0 Å². The summed E-state index contributed by atoms with van der Waals surface area (Å²) in [4.78, 5) is 0. The lowest BCUT2D eigenvalue weighted by Crippen LogP contribution is -2.40. The van der Waals surface area contributed by atoms with E-state index in [4.69, 9.17) is 5.11 Å². The average molecular weight is 157 g/mol. The first-order valence-corrected chi connectivity index (χ1v) is 4.57. The minimum Gasteiger partial charge on any atom is -0.396 e. The summed E-state index contributed by atoms with van der Waals surface area (Å²) in [6.07, 6.45) is 1.14. The molecule has 0 bridgehead atoms. The maximum absolute atomic E-state index is 9.08. The van der Waals surface area contributed by atoms with E-state index in [0.717, 1.165) is 19.5 Å². The van der Waals surface area contributed by atoms with E-state index in [9.17, 15) is 0 Å². The van der Waals surface area contributed by atoms with Crippen LogP contribution in [0.15, 0.2) is 0 Å². The van der Waals surface area contributed by atoms with Gasteiger partial charge in [0, 0.05) is 6.61 Å². The van der Waals surface area contributed by atoms with Gasteiger partial charge in [-0.1, -0.05) is 13.8 Å². The number of rotatable bonds is 2. The van der Waals surface area contributed by atoms with Crippen molar-refractivity contribution in [2.45, 2.75) is 20.3 Å². The summed E-state index contributed by atoms with van der Waals surface area (Å²) >= 11 is 0. The Morgan fingerprint density at radius 3 is 2.73 bits per heavy atom. The molecule has 2 unspecified atom stereocenters. The van der Waals surface area contributed by atoms with Crippen LogP contribution < -0.4 is 5.32 Å². The van der Waals surface area contributed by atoms with E-state index in [2.05, 4.69) is 19.2 Å². The van der Waals surface area contributed by atoms with Gasteiger partial charge in [-0.05, 0) is 37.3 Å². The van der Waals surface area contributed by atoms with Crippen molar-refractivity contribution in [1.29, 1.82) is 0 Å². The molecule has 0 saturated carbocycles. The second-order valence-corrected chi connectivity index (χ2v) is 3.84.